The third-order valence-corrected chi connectivity index (χ3v) is 4.59. The van der Waals surface area contributed by atoms with E-state index < -0.39 is 12.1 Å². The molecule has 3 rings (SSSR count). The molecule has 5 nitrogen and oxygen atoms in total. The molecule has 0 aliphatic rings. The van der Waals surface area contributed by atoms with Crippen molar-refractivity contribution in [3.05, 3.63) is 59.1 Å². The summed E-state index contributed by atoms with van der Waals surface area (Å²) >= 11 is 6.02. The molecule has 1 amide bonds. The maximum atomic E-state index is 12.7. The van der Waals surface area contributed by atoms with Gasteiger partial charge in [-0.2, -0.15) is 0 Å². The fourth-order valence-electron chi connectivity index (χ4n) is 3.01. The molecule has 0 heterocycles. The van der Waals surface area contributed by atoms with Crippen LogP contribution in [0.25, 0.3) is 10.8 Å². The Morgan fingerprint density at radius 3 is 2.42 bits per heavy atom. The average Bonchev–Trinajstić information content (AvgIpc) is 2.66. The molecule has 9 heteroatoms. The summed E-state index contributed by atoms with van der Waals surface area (Å²) in [6.45, 7) is 2.01. The molecule has 0 radical (unpaired) electrons. The normalized spacial score (nSPS) is 11.3. The SMILES string of the molecule is COc1c(Cl)cc(Oc2ccc3cc(CCNC(C)=O)ccc3c2)cc1OC(F)(F)F. The lowest BCUT2D eigenvalue weighted by atomic mass is 10.0. The highest BCUT2D eigenvalue weighted by atomic mass is 35.5. The van der Waals surface area contributed by atoms with Crippen LogP contribution < -0.4 is 19.5 Å². The van der Waals surface area contributed by atoms with Crippen LogP contribution in [0, 0.1) is 0 Å². The van der Waals surface area contributed by atoms with Crippen molar-refractivity contribution < 1.29 is 32.2 Å². The Morgan fingerprint density at radius 1 is 1.03 bits per heavy atom. The fourth-order valence-corrected chi connectivity index (χ4v) is 3.29. The summed E-state index contributed by atoms with van der Waals surface area (Å²) in [5.74, 6) is -0.433. The van der Waals surface area contributed by atoms with E-state index in [1.54, 1.807) is 12.1 Å². The topological polar surface area (TPSA) is 56.8 Å². The van der Waals surface area contributed by atoms with Crippen LogP contribution in [0.1, 0.15) is 12.5 Å². The zero-order valence-electron chi connectivity index (χ0n) is 16.7. The standard InChI is InChI=1S/C22H19ClF3NO4/c1-13(28)27-8-7-14-3-4-16-10-17(6-5-15(16)9-14)30-18-11-19(23)21(29-2)20(12-18)31-22(24,25)26/h3-6,9-12H,7-8H2,1-2H3,(H,27,28). The number of hydrogen-bond donors (Lipinski definition) is 1. The summed E-state index contributed by atoms with van der Waals surface area (Å²) < 4.78 is 52.7. The lowest BCUT2D eigenvalue weighted by Crippen LogP contribution is -2.22. The van der Waals surface area contributed by atoms with Crippen LogP contribution in [0.2, 0.25) is 5.02 Å². The predicted octanol–water partition coefficient (Wildman–Crippen LogP) is 5.87. The second kappa shape index (κ2) is 9.34. The van der Waals surface area contributed by atoms with E-state index >= 15 is 0 Å². The number of hydrogen-bond acceptors (Lipinski definition) is 4. The van der Waals surface area contributed by atoms with Crippen LogP contribution in [0.5, 0.6) is 23.0 Å². The molecular formula is C22H19ClF3NO4. The van der Waals surface area contributed by atoms with E-state index in [2.05, 4.69) is 10.1 Å². The summed E-state index contributed by atoms with van der Waals surface area (Å²) in [5, 5.41) is 4.51. The van der Waals surface area contributed by atoms with E-state index in [1.165, 1.54) is 20.1 Å². The van der Waals surface area contributed by atoms with Gasteiger partial charge in [0, 0.05) is 25.6 Å². The Labute approximate surface area is 181 Å². The van der Waals surface area contributed by atoms with Gasteiger partial charge in [0.15, 0.2) is 11.5 Å². The molecule has 0 bridgehead atoms. The Morgan fingerprint density at radius 2 is 1.74 bits per heavy atom. The predicted molar refractivity (Wildman–Crippen MR) is 111 cm³/mol. The first-order valence-electron chi connectivity index (χ1n) is 9.23. The number of benzene rings is 3. The zero-order chi connectivity index (χ0) is 22.6. The van der Waals surface area contributed by atoms with Crippen molar-refractivity contribution in [1.82, 2.24) is 5.32 Å². The molecule has 0 spiro atoms. The lowest BCUT2D eigenvalue weighted by molar-refractivity contribution is -0.275. The molecule has 1 N–H and O–H groups in total. The summed E-state index contributed by atoms with van der Waals surface area (Å²) in [6, 6.07) is 13.5. The highest BCUT2D eigenvalue weighted by Crippen LogP contribution is 2.42. The summed E-state index contributed by atoms with van der Waals surface area (Å²) in [7, 11) is 1.19. The Balaban J connectivity index is 1.82. The number of carbonyl (C=O) groups excluding carboxylic acids is 1. The molecule has 0 saturated carbocycles. The minimum atomic E-state index is -4.91. The van der Waals surface area contributed by atoms with Gasteiger partial charge < -0.3 is 19.5 Å². The lowest BCUT2D eigenvalue weighted by Gasteiger charge is -2.15. The third-order valence-electron chi connectivity index (χ3n) is 4.31. The van der Waals surface area contributed by atoms with Crippen molar-refractivity contribution in [3.8, 4) is 23.0 Å². The second-order valence-electron chi connectivity index (χ2n) is 6.66. The molecule has 0 aliphatic carbocycles. The van der Waals surface area contributed by atoms with Gasteiger partial charge in [-0.1, -0.05) is 35.9 Å². The molecule has 0 atom stereocenters. The van der Waals surface area contributed by atoms with Crippen molar-refractivity contribution in [2.24, 2.45) is 0 Å². The molecule has 31 heavy (non-hydrogen) atoms. The number of nitrogens with one attached hydrogen (secondary N) is 1. The molecule has 3 aromatic rings. The number of ether oxygens (including phenoxy) is 3. The number of fused-ring (bicyclic) bond motifs is 1. The Kier molecular flexibility index (Phi) is 6.80. The maximum absolute atomic E-state index is 12.7. The van der Waals surface area contributed by atoms with Crippen molar-refractivity contribution in [2.75, 3.05) is 13.7 Å². The van der Waals surface area contributed by atoms with E-state index in [-0.39, 0.29) is 22.4 Å². The van der Waals surface area contributed by atoms with Crippen LogP contribution >= 0.6 is 11.6 Å². The van der Waals surface area contributed by atoms with Gasteiger partial charge >= 0.3 is 6.36 Å². The smallest absolute Gasteiger partial charge is 0.491 e. The summed E-state index contributed by atoms with van der Waals surface area (Å²) in [5.41, 5.74) is 1.06. The van der Waals surface area contributed by atoms with Crippen molar-refractivity contribution in [1.29, 1.82) is 0 Å². The van der Waals surface area contributed by atoms with E-state index in [0.29, 0.717) is 18.7 Å². The van der Waals surface area contributed by atoms with Crippen LogP contribution in [0.15, 0.2) is 48.5 Å². The van der Waals surface area contributed by atoms with Crippen molar-refractivity contribution in [2.45, 2.75) is 19.7 Å². The van der Waals surface area contributed by atoms with Gasteiger partial charge in [-0.3, -0.25) is 4.79 Å². The second-order valence-corrected chi connectivity index (χ2v) is 7.07. The van der Waals surface area contributed by atoms with Crippen LogP contribution in [0.4, 0.5) is 13.2 Å². The molecule has 164 valence electrons. The number of alkyl halides is 3. The molecule has 0 aliphatic heterocycles. The van der Waals surface area contributed by atoms with Gasteiger partial charge in [0.1, 0.15) is 11.5 Å². The van der Waals surface area contributed by atoms with E-state index in [0.717, 1.165) is 22.4 Å². The number of carbonyl (C=O) groups is 1. The minimum Gasteiger partial charge on any atom is -0.491 e. The monoisotopic (exact) mass is 453 g/mol. The molecule has 3 aromatic carbocycles. The zero-order valence-corrected chi connectivity index (χ0v) is 17.4. The number of methoxy groups -OCH3 is 1. The average molecular weight is 454 g/mol. The van der Waals surface area contributed by atoms with Crippen molar-refractivity contribution in [3.63, 3.8) is 0 Å². The van der Waals surface area contributed by atoms with Gasteiger partial charge in [0.05, 0.1) is 12.1 Å². The number of amides is 1. The number of halogens is 4. The molecule has 0 saturated heterocycles. The first-order chi connectivity index (χ1) is 14.6. The van der Waals surface area contributed by atoms with E-state index in [4.69, 9.17) is 21.1 Å². The first kappa shape index (κ1) is 22.6. The Hall–Kier alpha value is -3.13. The highest BCUT2D eigenvalue weighted by molar-refractivity contribution is 6.32. The number of rotatable bonds is 7. The molecular weight excluding hydrogens is 435 g/mol. The van der Waals surface area contributed by atoms with Crippen LogP contribution in [-0.2, 0) is 11.2 Å². The van der Waals surface area contributed by atoms with Crippen molar-refractivity contribution >= 4 is 28.3 Å². The summed E-state index contributed by atoms with van der Waals surface area (Å²) in [4.78, 5) is 11.0. The van der Waals surface area contributed by atoms with Gasteiger partial charge in [0.25, 0.3) is 0 Å². The Bertz CT molecular complexity index is 1100. The van der Waals surface area contributed by atoms with Crippen LogP contribution in [-0.4, -0.2) is 25.9 Å². The third kappa shape index (κ3) is 6.18. The van der Waals surface area contributed by atoms with Gasteiger partial charge in [0.2, 0.25) is 5.91 Å². The van der Waals surface area contributed by atoms with E-state index in [1.807, 2.05) is 24.3 Å². The largest absolute Gasteiger partial charge is 0.573 e. The van der Waals surface area contributed by atoms with Gasteiger partial charge in [-0.05, 0) is 34.9 Å². The fraction of sp³-hybridized carbons (Fsp3) is 0.227. The quantitative estimate of drug-likeness (QED) is 0.486. The molecule has 0 fully saturated rings. The summed E-state index contributed by atoms with van der Waals surface area (Å²) in [6.07, 6.45) is -4.21. The first-order valence-corrected chi connectivity index (χ1v) is 9.60. The van der Waals surface area contributed by atoms with Gasteiger partial charge in [-0.25, -0.2) is 0 Å². The molecule has 0 aromatic heterocycles. The van der Waals surface area contributed by atoms with E-state index in [9.17, 15) is 18.0 Å². The van der Waals surface area contributed by atoms with Gasteiger partial charge in [-0.15, -0.1) is 13.2 Å². The maximum Gasteiger partial charge on any atom is 0.573 e. The molecule has 0 unspecified atom stereocenters. The van der Waals surface area contributed by atoms with Crippen LogP contribution in [0.3, 0.4) is 0 Å². The highest BCUT2D eigenvalue weighted by Gasteiger charge is 2.33. The minimum absolute atomic E-state index is 0.0660.